The average molecular weight is 446 g/mol. The van der Waals surface area contributed by atoms with Crippen molar-refractivity contribution in [1.29, 1.82) is 0 Å². The molecule has 1 aliphatic rings. The van der Waals surface area contributed by atoms with Gasteiger partial charge in [0.05, 0.1) is 4.90 Å². The fourth-order valence-electron chi connectivity index (χ4n) is 2.77. The van der Waals surface area contributed by atoms with Gasteiger partial charge in [-0.15, -0.1) is 11.3 Å². The van der Waals surface area contributed by atoms with Gasteiger partial charge in [0.1, 0.15) is 10.7 Å². The molecule has 2 N–H and O–H groups in total. The first-order valence-electron chi connectivity index (χ1n) is 8.24. The van der Waals surface area contributed by atoms with Gasteiger partial charge in [-0.3, -0.25) is 14.3 Å². The van der Waals surface area contributed by atoms with Gasteiger partial charge < -0.3 is 5.32 Å². The Kier molecular flexibility index (Phi) is 4.95. The first-order valence-corrected chi connectivity index (χ1v) is 11.0. The maximum absolute atomic E-state index is 12.7. The van der Waals surface area contributed by atoms with Crippen molar-refractivity contribution >= 4 is 55.3 Å². The highest BCUT2D eigenvalue weighted by atomic mass is 35.5. The summed E-state index contributed by atoms with van der Waals surface area (Å²) in [5, 5.41) is 4.53. The van der Waals surface area contributed by atoms with E-state index in [1.165, 1.54) is 30.5 Å². The van der Waals surface area contributed by atoms with Crippen molar-refractivity contribution in [1.82, 2.24) is 4.98 Å². The lowest BCUT2D eigenvalue weighted by atomic mass is 9.92. The number of thiazole rings is 1. The summed E-state index contributed by atoms with van der Waals surface area (Å²) < 4.78 is 27.2. The van der Waals surface area contributed by atoms with Crippen LogP contribution in [0, 0.1) is 0 Å². The lowest BCUT2D eigenvalue weighted by molar-refractivity contribution is 0.0982. The van der Waals surface area contributed by atoms with Crippen LogP contribution in [0.4, 0.5) is 10.8 Å². The number of carbonyl (C=O) groups is 2. The minimum atomic E-state index is -3.79. The van der Waals surface area contributed by atoms with Crippen LogP contribution in [0.25, 0.3) is 0 Å². The number of anilines is 2. The van der Waals surface area contributed by atoms with Gasteiger partial charge >= 0.3 is 0 Å². The van der Waals surface area contributed by atoms with Gasteiger partial charge in [0.2, 0.25) is 11.6 Å². The van der Waals surface area contributed by atoms with Crippen LogP contribution >= 0.6 is 22.9 Å². The number of rotatable bonds is 5. The minimum Gasteiger partial charge on any atom is -0.351 e. The molecular formula is C19H12ClN3O4S2. The smallest absolute Gasteiger partial charge is 0.263 e. The standard InChI is InChI=1S/C19H12ClN3O4S2/c20-15-16(18(25)14-4-2-1-3-13(14)17(15)24)22-11-5-7-12(8-6-11)29(26,27)23-19-21-9-10-28-19/h1-10,22H,(H,21,23). The van der Waals surface area contributed by atoms with Crippen LogP contribution in [0.2, 0.25) is 0 Å². The monoisotopic (exact) mass is 445 g/mol. The van der Waals surface area contributed by atoms with Gasteiger partial charge in [-0.25, -0.2) is 13.4 Å². The SMILES string of the molecule is O=C1C(Cl)=C(Nc2ccc(S(=O)(=O)Nc3nccs3)cc2)C(=O)c2ccccc21. The van der Waals surface area contributed by atoms with E-state index in [-0.39, 0.29) is 31.9 Å². The van der Waals surface area contributed by atoms with E-state index in [1.807, 2.05) is 0 Å². The third-order valence-corrected chi connectivity index (χ3v) is 6.68. The number of Topliss-reactive ketones (excluding diaryl/α,β-unsaturated/α-hetero) is 2. The molecule has 29 heavy (non-hydrogen) atoms. The number of aromatic nitrogens is 1. The molecule has 0 fully saturated rings. The van der Waals surface area contributed by atoms with Crippen LogP contribution < -0.4 is 10.0 Å². The van der Waals surface area contributed by atoms with E-state index in [0.29, 0.717) is 5.69 Å². The summed E-state index contributed by atoms with van der Waals surface area (Å²) in [5.41, 5.74) is 0.873. The van der Waals surface area contributed by atoms with E-state index in [9.17, 15) is 18.0 Å². The zero-order valence-corrected chi connectivity index (χ0v) is 16.9. The molecule has 4 rings (SSSR count). The summed E-state index contributed by atoms with van der Waals surface area (Å²) in [5.74, 6) is -0.858. The summed E-state index contributed by atoms with van der Waals surface area (Å²) in [6, 6.07) is 12.1. The molecule has 3 aromatic rings. The normalized spacial score (nSPS) is 14.0. The highest BCUT2D eigenvalue weighted by Gasteiger charge is 2.31. The number of allylic oxidation sites excluding steroid dienone is 2. The number of hydrogen-bond acceptors (Lipinski definition) is 7. The molecule has 7 nitrogen and oxygen atoms in total. The maximum atomic E-state index is 12.7. The highest BCUT2D eigenvalue weighted by Crippen LogP contribution is 2.29. The number of hydrogen-bond donors (Lipinski definition) is 2. The number of sulfonamides is 1. The molecule has 1 heterocycles. The molecule has 146 valence electrons. The van der Waals surface area contributed by atoms with Gasteiger partial charge in [0.15, 0.2) is 5.13 Å². The van der Waals surface area contributed by atoms with Gasteiger partial charge in [-0.2, -0.15) is 0 Å². The Morgan fingerprint density at radius 2 is 1.59 bits per heavy atom. The van der Waals surface area contributed by atoms with Crippen LogP contribution in [0.1, 0.15) is 20.7 Å². The second-order valence-electron chi connectivity index (χ2n) is 5.98. The lowest BCUT2D eigenvalue weighted by Gasteiger charge is -2.19. The minimum absolute atomic E-state index is 0.0229. The van der Waals surface area contributed by atoms with Crippen molar-refractivity contribution in [3.8, 4) is 0 Å². The predicted molar refractivity (Wildman–Crippen MR) is 111 cm³/mol. The quantitative estimate of drug-likeness (QED) is 0.617. The topological polar surface area (TPSA) is 105 Å². The van der Waals surface area contributed by atoms with Crippen molar-refractivity contribution in [2.45, 2.75) is 4.90 Å². The Labute approximate surface area is 175 Å². The first-order chi connectivity index (χ1) is 13.9. The number of nitrogens with one attached hydrogen (secondary N) is 2. The number of carbonyl (C=O) groups excluding carboxylic acids is 2. The van der Waals surface area contributed by atoms with E-state index in [4.69, 9.17) is 11.6 Å². The van der Waals surface area contributed by atoms with Crippen molar-refractivity contribution in [3.63, 3.8) is 0 Å². The number of halogens is 1. The summed E-state index contributed by atoms with van der Waals surface area (Å²) in [7, 11) is -3.79. The zero-order chi connectivity index (χ0) is 20.6. The fraction of sp³-hybridized carbons (Fsp3) is 0. The van der Waals surface area contributed by atoms with Gasteiger partial charge in [-0.05, 0) is 24.3 Å². The summed E-state index contributed by atoms with van der Waals surface area (Å²) in [6.45, 7) is 0. The molecule has 0 spiro atoms. The predicted octanol–water partition coefficient (Wildman–Crippen LogP) is 3.89. The third-order valence-electron chi connectivity index (χ3n) is 4.15. The highest BCUT2D eigenvalue weighted by molar-refractivity contribution is 7.93. The van der Waals surface area contributed by atoms with Crippen molar-refractivity contribution in [2.75, 3.05) is 10.0 Å². The van der Waals surface area contributed by atoms with Crippen LogP contribution in [-0.4, -0.2) is 25.0 Å². The second-order valence-corrected chi connectivity index (χ2v) is 8.94. The van der Waals surface area contributed by atoms with Gasteiger partial charge in [0.25, 0.3) is 10.0 Å². The molecule has 2 aromatic carbocycles. The third kappa shape index (κ3) is 3.67. The molecular weight excluding hydrogens is 434 g/mol. The molecule has 10 heteroatoms. The Balaban J connectivity index is 1.59. The lowest BCUT2D eigenvalue weighted by Crippen LogP contribution is -2.24. The van der Waals surface area contributed by atoms with Crippen molar-refractivity contribution in [2.24, 2.45) is 0 Å². The Morgan fingerprint density at radius 3 is 2.21 bits per heavy atom. The molecule has 0 atom stereocenters. The molecule has 0 saturated carbocycles. The number of ketones is 2. The number of fused-ring (bicyclic) bond motifs is 1. The Bertz CT molecular complexity index is 1250. The molecule has 0 radical (unpaired) electrons. The number of benzene rings is 2. The number of nitrogens with zero attached hydrogens (tertiary/aromatic N) is 1. The molecule has 0 amide bonds. The molecule has 1 aromatic heterocycles. The molecule has 0 saturated heterocycles. The molecule has 0 bridgehead atoms. The second kappa shape index (κ2) is 7.43. The van der Waals surface area contributed by atoms with E-state index in [1.54, 1.807) is 29.6 Å². The summed E-state index contributed by atoms with van der Waals surface area (Å²) in [6.07, 6.45) is 1.49. The van der Waals surface area contributed by atoms with Crippen LogP contribution in [0.3, 0.4) is 0 Å². The largest absolute Gasteiger partial charge is 0.351 e. The van der Waals surface area contributed by atoms with Gasteiger partial charge in [-0.1, -0.05) is 35.9 Å². The summed E-state index contributed by atoms with van der Waals surface area (Å²) >= 11 is 7.29. The van der Waals surface area contributed by atoms with E-state index < -0.39 is 21.6 Å². The molecule has 1 aliphatic carbocycles. The van der Waals surface area contributed by atoms with Crippen LogP contribution in [-0.2, 0) is 10.0 Å². The Hall–Kier alpha value is -3.01. The van der Waals surface area contributed by atoms with Crippen LogP contribution in [0.15, 0.2) is 75.7 Å². The van der Waals surface area contributed by atoms with E-state index >= 15 is 0 Å². The van der Waals surface area contributed by atoms with Gasteiger partial charge in [0, 0.05) is 28.4 Å². The molecule has 0 unspecified atom stereocenters. The first kappa shape index (κ1) is 19.3. The Morgan fingerprint density at radius 1 is 0.931 bits per heavy atom. The van der Waals surface area contributed by atoms with Crippen molar-refractivity contribution in [3.05, 3.63) is 82.0 Å². The fourth-order valence-corrected chi connectivity index (χ4v) is 4.79. The maximum Gasteiger partial charge on any atom is 0.263 e. The van der Waals surface area contributed by atoms with E-state index in [0.717, 1.165) is 11.3 Å². The summed E-state index contributed by atoms with van der Waals surface area (Å²) in [4.78, 5) is 29.0. The molecule has 0 aliphatic heterocycles. The van der Waals surface area contributed by atoms with Crippen LogP contribution in [0.5, 0.6) is 0 Å². The average Bonchev–Trinajstić information content (AvgIpc) is 3.22. The van der Waals surface area contributed by atoms with Crippen molar-refractivity contribution < 1.29 is 18.0 Å². The zero-order valence-electron chi connectivity index (χ0n) is 14.5. The van der Waals surface area contributed by atoms with E-state index in [2.05, 4.69) is 15.0 Å².